The third-order valence-corrected chi connectivity index (χ3v) is 6.56. The van der Waals surface area contributed by atoms with Crippen LogP contribution in [0.4, 0.5) is 0 Å². The Labute approximate surface area is 186 Å². The lowest BCUT2D eigenvalue weighted by Crippen LogP contribution is -2.37. The molecular formula is C24H27N3O3S. The molecule has 0 aliphatic heterocycles. The number of hydrogen-bond acceptors (Lipinski definition) is 5. The van der Waals surface area contributed by atoms with Crippen molar-refractivity contribution in [3.05, 3.63) is 58.4 Å². The van der Waals surface area contributed by atoms with Gasteiger partial charge in [0.1, 0.15) is 5.75 Å². The van der Waals surface area contributed by atoms with E-state index in [0.29, 0.717) is 27.5 Å². The van der Waals surface area contributed by atoms with Gasteiger partial charge in [0.05, 0.1) is 29.5 Å². The molecule has 1 aliphatic rings. The van der Waals surface area contributed by atoms with Gasteiger partial charge in [0.25, 0.3) is 5.56 Å². The second kappa shape index (κ2) is 9.56. The zero-order valence-corrected chi connectivity index (χ0v) is 18.7. The van der Waals surface area contributed by atoms with Crippen LogP contribution in [0.3, 0.4) is 0 Å². The van der Waals surface area contributed by atoms with Gasteiger partial charge in [-0.15, -0.1) is 0 Å². The first-order valence-corrected chi connectivity index (χ1v) is 11.6. The number of fused-ring (bicyclic) bond motifs is 1. The summed E-state index contributed by atoms with van der Waals surface area (Å²) in [6.07, 6.45) is 5.65. The molecule has 0 bridgehead atoms. The standard InChI is InChI=1S/C24H27N3O3S/c1-16-12-13-21(30-2)20(14-16)27-23(29)18-10-6-7-11-19(18)26-24(27)31-15-22(28)25-17-8-4-3-5-9-17/h6-7,10-14,17H,3-5,8-9,15H2,1-2H3,(H,25,28). The number of rotatable bonds is 6. The molecule has 1 aliphatic carbocycles. The molecule has 1 saturated carbocycles. The van der Waals surface area contributed by atoms with E-state index in [4.69, 9.17) is 9.72 Å². The quantitative estimate of drug-likeness (QED) is 0.461. The van der Waals surface area contributed by atoms with Gasteiger partial charge < -0.3 is 10.1 Å². The molecule has 0 unspecified atom stereocenters. The summed E-state index contributed by atoms with van der Waals surface area (Å²) >= 11 is 1.28. The Balaban J connectivity index is 1.70. The van der Waals surface area contributed by atoms with Crippen molar-refractivity contribution < 1.29 is 9.53 Å². The fraction of sp³-hybridized carbons (Fsp3) is 0.375. The van der Waals surface area contributed by atoms with Crippen molar-refractivity contribution in [1.82, 2.24) is 14.9 Å². The molecule has 0 radical (unpaired) electrons. The van der Waals surface area contributed by atoms with Gasteiger partial charge in [-0.25, -0.2) is 4.98 Å². The summed E-state index contributed by atoms with van der Waals surface area (Å²) in [7, 11) is 1.58. The fourth-order valence-electron chi connectivity index (χ4n) is 4.04. The Morgan fingerprint density at radius 3 is 2.74 bits per heavy atom. The van der Waals surface area contributed by atoms with Gasteiger partial charge in [-0.1, -0.05) is 49.2 Å². The summed E-state index contributed by atoms with van der Waals surface area (Å²) in [6, 6.07) is 13.2. The van der Waals surface area contributed by atoms with E-state index in [-0.39, 0.29) is 23.3 Å². The average Bonchev–Trinajstić information content (AvgIpc) is 2.78. The third kappa shape index (κ3) is 4.77. The van der Waals surface area contributed by atoms with Crippen LogP contribution in [0.2, 0.25) is 0 Å². The maximum atomic E-state index is 13.4. The molecule has 1 heterocycles. The van der Waals surface area contributed by atoms with Crippen LogP contribution >= 0.6 is 11.8 Å². The highest BCUT2D eigenvalue weighted by Crippen LogP contribution is 2.28. The van der Waals surface area contributed by atoms with Crippen molar-refractivity contribution in [2.75, 3.05) is 12.9 Å². The number of methoxy groups -OCH3 is 1. The van der Waals surface area contributed by atoms with E-state index in [9.17, 15) is 9.59 Å². The summed E-state index contributed by atoms with van der Waals surface area (Å²) in [6.45, 7) is 1.97. The first-order chi connectivity index (χ1) is 15.1. The lowest BCUT2D eigenvalue weighted by molar-refractivity contribution is -0.119. The number of carbonyl (C=O) groups excluding carboxylic acids is 1. The molecule has 162 valence electrons. The van der Waals surface area contributed by atoms with Crippen LogP contribution in [0.25, 0.3) is 16.6 Å². The van der Waals surface area contributed by atoms with Crippen molar-refractivity contribution >= 4 is 28.6 Å². The molecular weight excluding hydrogens is 410 g/mol. The number of amides is 1. The number of aromatic nitrogens is 2. The van der Waals surface area contributed by atoms with E-state index in [0.717, 1.165) is 31.2 Å². The van der Waals surface area contributed by atoms with E-state index in [2.05, 4.69) is 5.32 Å². The molecule has 7 heteroatoms. The fourth-order valence-corrected chi connectivity index (χ4v) is 4.86. The van der Waals surface area contributed by atoms with Crippen LogP contribution in [0.5, 0.6) is 5.75 Å². The van der Waals surface area contributed by atoms with E-state index in [1.807, 2.05) is 43.3 Å². The van der Waals surface area contributed by atoms with Gasteiger partial charge in [0, 0.05) is 6.04 Å². The number of ether oxygens (including phenoxy) is 1. The topological polar surface area (TPSA) is 73.2 Å². The monoisotopic (exact) mass is 437 g/mol. The predicted molar refractivity (Wildman–Crippen MR) is 124 cm³/mol. The summed E-state index contributed by atoms with van der Waals surface area (Å²) in [5.74, 6) is 0.760. The number of aryl methyl sites for hydroxylation is 1. The van der Waals surface area contributed by atoms with Crippen molar-refractivity contribution in [2.24, 2.45) is 0 Å². The van der Waals surface area contributed by atoms with Crippen LogP contribution in [0.15, 0.2) is 52.4 Å². The average molecular weight is 438 g/mol. The number of thioether (sulfide) groups is 1. The van der Waals surface area contributed by atoms with Crippen LogP contribution in [0.1, 0.15) is 37.7 Å². The Morgan fingerprint density at radius 1 is 1.19 bits per heavy atom. The zero-order valence-electron chi connectivity index (χ0n) is 17.9. The van der Waals surface area contributed by atoms with Crippen molar-refractivity contribution in [1.29, 1.82) is 0 Å². The highest BCUT2D eigenvalue weighted by Gasteiger charge is 2.19. The first kappa shape index (κ1) is 21.4. The number of para-hydroxylation sites is 1. The van der Waals surface area contributed by atoms with E-state index in [1.54, 1.807) is 17.7 Å². The lowest BCUT2D eigenvalue weighted by atomic mass is 9.95. The molecule has 4 rings (SSSR count). The van der Waals surface area contributed by atoms with Gasteiger partial charge in [0.15, 0.2) is 5.16 Å². The highest BCUT2D eigenvalue weighted by molar-refractivity contribution is 7.99. The SMILES string of the molecule is COc1ccc(C)cc1-n1c(SCC(=O)NC2CCCCC2)nc2ccccc2c1=O. The second-order valence-electron chi connectivity index (χ2n) is 7.92. The second-order valence-corrected chi connectivity index (χ2v) is 8.86. The number of carbonyl (C=O) groups is 1. The van der Waals surface area contributed by atoms with E-state index in [1.165, 1.54) is 18.2 Å². The molecule has 0 atom stereocenters. The Morgan fingerprint density at radius 2 is 1.97 bits per heavy atom. The van der Waals surface area contributed by atoms with Gasteiger partial charge in [-0.05, 0) is 49.6 Å². The van der Waals surface area contributed by atoms with Gasteiger partial charge in [0.2, 0.25) is 5.91 Å². The lowest BCUT2D eigenvalue weighted by Gasteiger charge is -2.22. The summed E-state index contributed by atoms with van der Waals surface area (Å²) in [4.78, 5) is 30.8. The third-order valence-electron chi connectivity index (χ3n) is 5.62. The molecule has 0 spiro atoms. The molecule has 1 N–H and O–H groups in total. The van der Waals surface area contributed by atoms with Crippen LogP contribution in [-0.2, 0) is 4.79 Å². The first-order valence-electron chi connectivity index (χ1n) is 10.7. The molecule has 2 aromatic carbocycles. The van der Waals surface area contributed by atoms with Crippen molar-refractivity contribution in [3.63, 3.8) is 0 Å². The number of hydrogen-bond donors (Lipinski definition) is 1. The summed E-state index contributed by atoms with van der Waals surface area (Å²) in [5, 5.41) is 4.14. The smallest absolute Gasteiger partial charge is 0.266 e. The number of nitrogens with one attached hydrogen (secondary N) is 1. The van der Waals surface area contributed by atoms with Crippen LogP contribution in [0, 0.1) is 6.92 Å². The minimum absolute atomic E-state index is 0.0259. The summed E-state index contributed by atoms with van der Waals surface area (Å²) < 4.78 is 7.09. The molecule has 31 heavy (non-hydrogen) atoms. The van der Waals surface area contributed by atoms with E-state index < -0.39 is 0 Å². The normalized spacial score (nSPS) is 14.5. The van der Waals surface area contributed by atoms with Gasteiger partial charge in [-0.2, -0.15) is 0 Å². The maximum Gasteiger partial charge on any atom is 0.266 e. The van der Waals surface area contributed by atoms with Crippen LogP contribution < -0.4 is 15.6 Å². The molecule has 1 amide bonds. The van der Waals surface area contributed by atoms with Crippen molar-refractivity contribution in [3.8, 4) is 11.4 Å². The summed E-state index contributed by atoms with van der Waals surface area (Å²) in [5.41, 5.74) is 2.07. The predicted octanol–water partition coefficient (Wildman–Crippen LogP) is 4.24. The van der Waals surface area contributed by atoms with E-state index >= 15 is 0 Å². The van der Waals surface area contributed by atoms with Gasteiger partial charge in [-0.3, -0.25) is 14.2 Å². The number of nitrogens with zero attached hydrogens (tertiary/aromatic N) is 2. The largest absolute Gasteiger partial charge is 0.495 e. The Hall–Kier alpha value is -2.80. The number of benzene rings is 2. The molecule has 6 nitrogen and oxygen atoms in total. The van der Waals surface area contributed by atoms with Gasteiger partial charge >= 0.3 is 0 Å². The minimum atomic E-state index is -0.176. The highest BCUT2D eigenvalue weighted by atomic mass is 32.2. The maximum absolute atomic E-state index is 13.4. The Kier molecular flexibility index (Phi) is 6.61. The zero-order chi connectivity index (χ0) is 21.8. The van der Waals surface area contributed by atoms with Crippen molar-refractivity contribution in [2.45, 2.75) is 50.2 Å². The molecule has 1 aromatic heterocycles. The molecule has 3 aromatic rings. The minimum Gasteiger partial charge on any atom is -0.495 e. The molecule has 0 saturated heterocycles. The Bertz CT molecular complexity index is 1150. The molecule has 1 fully saturated rings. The van der Waals surface area contributed by atoms with Crippen LogP contribution in [-0.4, -0.2) is 34.4 Å².